The summed E-state index contributed by atoms with van der Waals surface area (Å²) in [6.07, 6.45) is 1.69. The third-order valence-electron chi connectivity index (χ3n) is 2.31. The van der Waals surface area contributed by atoms with Crippen LogP contribution in [0.1, 0.15) is 24.3 Å². The normalized spacial score (nSPS) is 11.4. The van der Waals surface area contributed by atoms with E-state index in [1.165, 1.54) is 0 Å². The van der Waals surface area contributed by atoms with Crippen molar-refractivity contribution in [1.29, 1.82) is 0 Å². The van der Waals surface area contributed by atoms with Crippen molar-refractivity contribution in [2.24, 2.45) is 5.92 Å². The number of likely N-dealkylation sites (N-methyl/N-ethyl adjacent to an activating group) is 1. The summed E-state index contributed by atoms with van der Waals surface area (Å²) in [5.41, 5.74) is 0.678. The van der Waals surface area contributed by atoms with Crippen molar-refractivity contribution in [1.82, 2.24) is 14.7 Å². The smallest absolute Gasteiger partial charge is 0.184 e. The van der Waals surface area contributed by atoms with Crippen LogP contribution in [0.25, 0.3) is 0 Å². The number of aromatic nitrogens is 2. The van der Waals surface area contributed by atoms with Crippen LogP contribution in [-0.4, -0.2) is 41.1 Å². The Bertz CT molecular complexity index is 371. The summed E-state index contributed by atoms with van der Waals surface area (Å²) in [5.74, 6) is 0.120. The van der Waals surface area contributed by atoms with Crippen LogP contribution in [-0.2, 0) is 6.54 Å². The van der Waals surface area contributed by atoms with E-state index in [0.29, 0.717) is 5.69 Å². The third kappa shape index (κ3) is 3.15. The van der Waals surface area contributed by atoms with Crippen molar-refractivity contribution in [3.8, 4) is 0 Å². The molecule has 1 heterocycles. The van der Waals surface area contributed by atoms with Crippen LogP contribution in [0.15, 0.2) is 10.7 Å². The number of carbonyl (C=O) groups excluding carboxylic acids is 1. The predicted molar refractivity (Wildman–Crippen MR) is 67.6 cm³/mol. The van der Waals surface area contributed by atoms with Gasteiger partial charge in [0.05, 0.1) is 17.2 Å². The molecule has 0 aromatic carbocycles. The highest BCUT2D eigenvalue weighted by molar-refractivity contribution is 9.10. The molecular formula is C11H18BrN3O. The molecule has 0 N–H and O–H groups in total. The lowest BCUT2D eigenvalue weighted by Crippen LogP contribution is -2.22. The highest BCUT2D eigenvalue weighted by Gasteiger charge is 2.19. The molecule has 90 valence electrons. The quantitative estimate of drug-likeness (QED) is 0.778. The van der Waals surface area contributed by atoms with E-state index < -0.39 is 0 Å². The molecule has 0 aliphatic rings. The van der Waals surface area contributed by atoms with E-state index in [-0.39, 0.29) is 11.7 Å². The molecule has 0 saturated heterocycles. The molecule has 0 aliphatic heterocycles. The van der Waals surface area contributed by atoms with E-state index in [2.05, 4.69) is 25.9 Å². The van der Waals surface area contributed by atoms with E-state index in [0.717, 1.165) is 17.6 Å². The van der Waals surface area contributed by atoms with Gasteiger partial charge in [0.15, 0.2) is 5.78 Å². The Morgan fingerprint density at radius 2 is 2.19 bits per heavy atom. The van der Waals surface area contributed by atoms with E-state index in [1.807, 2.05) is 27.9 Å². The van der Waals surface area contributed by atoms with Gasteiger partial charge in [-0.1, -0.05) is 13.8 Å². The van der Waals surface area contributed by atoms with Crippen molar-refractivity contribution in [2.45, 2.75) is 20.4 Å². The average molecular weight is 288 g/mol. The number of carbonyl (C=O) groups is 1. The fourth-order valence-electron chi connectivity index (χ4n) is 1.35. The molecule has 1 rings (SSSR count). The van der Waals surface area contributed by atoms with Crippen LogP contribution in [0.5, 0.6) is 0 Å². The zero-order valence-corrected chi connectivity index (χ0v) is 11.8. The molecule has 0 saturated carbocycles. The maximum absolute atomic E-state index is 12.0. The molecule has 0 aliphatic carbocycles. The van der Waals surface area contributed by atoms with Gasteiger partial charge in [0.25, 0.3) is 0 Å². The minimum Gasteiger partial charge on any atom is -0.308 e. The van der Waals surface area contributed by atoms with Crippen LogP contribution in [0, 0.1) is 5.92 Å². The third-order valence-corrected chi connectivity index (χ3v) is 2.89. The van der Waals surface area contributed by atoms with Gasteiger partial charge in [0.2, 0.25) is 0 Å². The molecule has 0 bridgehead atoms. The van der Waals surface area contributed by atoms with Gasteiger partial charge in [0, 0.05) is 12.5 Å². The summed E-state index contributed by atoms with van der Waals surface area (Å²) in [6.45, 7) is 5.40. The largest absolute Gasteiger partial charge is 0.308 e. The van der Waals surface area contributed by atoms with Gasteiger partial charge in [-0.05, 0) is 30.0 Å². The first-order valence-electron chi connectivity index (χ1n) is 5.33. The maximum Gasteiger partial charge on any atom is 0.184 e. The molecular weight excluding hydrogens is 270 g/mol. The molecule has 16 heavy (non-hydrogen) atoms. The molecule has 5 heteroatoms. The van der Waals surface area contributed by atoms with Crippen molar-refractivity contribution in [2.75, 3.05) is 20.6 Å². The van der Waals surface area contributed by atoms with Crippen LogP contribution in [0.4, 0.5) is 0 Å². The first kappa shape index (κ1) is 13.4. The number of ketones is 1. The SMILES string of the molecule is CC(C)C(=O)c1c(Br)cnn1CCN(C)C. The van der Waals surface area contributed by atoms with Gasteiger partial charge in [0.1, 0.15) is 5.69 Å². The van der Waals surface area contributed by atoms with Crippen LogP contribution >= 0.6 is 15.9 Å². The fourth-order valence-corrected chi connectivity index (χ4v) is 1.84. The summed E-state index contributed by atoms with van der Waals surface area (Å²) < 4.78 is 2.55. The minimum absolute atomic E-state index is 0.00824. The Kier molecular flexibility index (Phi) is 4.68. The van der Waals surface area contributed by atoms with E-state index in [1.54, 1.807) is 10.9 Å². The number of Topliss-reactive ketones (excluding diaryl/α,β-unsaturated/α-hetero) is 1. The van der Waals surface area contributed by atoms with Crippen LogP contribution in [0.3, 0.4) is 0 Å². The minimum atomic E-state index is -0.00824. The lowest BCUT2D eigenvalue weighted by Gasteiger charge is -2.12. The van der Waals surface area contributed by atoms with Gasteiger partial charge < -0.3 is 4.90 Å². The van der Waals surface area contributed by atoms with Crippen molar-refractivity contribution >= 4 is 21.7 Å². The number of rotatable bonds is 5. The van der Waals surface area contributed by atoms with Crippen LogP contribution < -0.4 is 0 Å². The molecule has 0 atom stereocenters. The molecule has 0 unspecified atom stereocenters. The van der Waals surface area contributed by atoms with Gasteiger partial charge in [-0.25, -0.2) is 0 Å². The number of nitrogens with zero attached hydrogens (tertiary/aromatic N) is 3. The van der Waals surface area contributed by atoms with Gasteiger partial charge >= 0.3 is 0 Å². The Labute approximate surface area is 105 Å². The first-order chi connectivity index (χ1) is 7.43. The van der Waals surface area contributed by atoms with E-state index >= 15 is 0 Å². The standard InChI is InChI=1S/C11H18BrN3O/c1-8(2)11(16)10-9(12)7-13-15(10)6-5-14(3)4/h7-8H,5-6H2,1-4H3. The van der Waals surface area contributed by atoms with Gasteiger partial charge in [-0.15, -0.1) is 0 Å². The highest BCUT2D eigenvalue weighted by atomic mass is 79.9. The molecule has 1 aromatic heterocycles. The summed E-state index contributed by atoms with van der Waals surface area (Å²) in [5, 5.41) is 4.21. The summed E-state index contributed by atoms with van der Waals surface area (Å²) in [6, 6.07) is 0. The van der Waals surface area contributed by atoms with Crippen molar-refractivity contribution in [3.63, 3.8) is 0 Å². The maximum atomic E-state index is 12.0. The zero-order valence-electron chi connectivity index (χ0n) is 10.2. The second-order valence-electron chi connectivity index (χ2n) is 4.39. The Morgan fingerprint density at radius 3 is 2.69 bits per heavy atom. The number of hydrogen-bond donors (Lipinski definition) is 0. The lowest BCUT2D eigenvalue weighted by atomic mass is 10.1. The fraction of sp³-hybridized carbons (Fsp3) is 0.636. The Hall–Kier alpha value is -0.680. The summed E-state index contributed by atoms with van der Waals surface area (Å²) in [4.78, 5) is 14.1. The topological polar surface area (TPSA) is 38.1 Å². The zero-order chi connectivity index (χ0) is 12.3. The highest BCUT2D eigenvalue weighted by Crippen LogP contribution is 2.19. The first-order valence-corrected chi connectivity index (χ1v) is 6.13. The van der Waals surface area contributed by atoms with Gasteiger partial charge in [-0.2, -0.15) is 5.10 Å². The summed E-state index contributed by atoms with van der Waals surface area (Å²) >= 11 is 3.38. The Balaban J connectivity index is 2.90. The van der Waals surface area contributed by atoms with Crippen LogP contribution in [0.2, 0.25) is 0 Å². The molecule has 0 radical (unpaired) electrons. The average Bonchev–Trinajstić information content (AvgIpc) is 2.55. The molecule has 0 fully saturated rings. The number of halogens is 1. The Morgan fingerprint density at radius 1 is 1.56 bits per heavy atom. The monoisotopic (exact) mass is 287 g/mol. The molecule has 1 aromatic rings. The van der Waals surface area contributed by atoms with Crippen molar-refractivity contribution in [3.05, 3.63) is 16.4 Å². The van der Waals surface area contributed by atoms with E-state index in [4.69, 9.17) is 0 Å². The summed E-state index contributed by atoms with van der Waals surface area (Å²) in [7, 11) is 4.00. The van der Waals surface area contributed by atoms with Crippen molar-refractivity contribution < 1.29 is 4.79 Å². The molecule has 0 spiro atoms. The second kappa shape index (κ2) is 5.59. The lowest BCUT2D eigenvalue weighted by molar-refractivity contribution is 0.0927. The van der Waals surface area contributed by atoms with Gasteiger partial charge in [-0.3, -0.25) is 9.48 Å². The number of hydrogen-bond acceptors (Lipinski definition) is 3. The molecule has 4 nitrogen and oxygen atoms in total. The predicted octanol–water partition coefficient (Wildman–Crippen LogP) is 2.05. The second-order valence-corrected chi connectivity index (χ2v) is 5.24. The van der Waals surface area contributed by atoms with E-state index in [9.17, 15) is 4.79 Å². The molecule has 0 amide bonds.